The Hall–Kier alpha value is -2.68. The third-order valence-electron chi connectivity index (χ3n) is 3.57. The Morgan fingerprint density at radius 2 is 1.83 bits per heavy atom. The molecule has 0 aliphatic carbocycles. The summed E-state index contributed by atoms with van der Waals surface area (Å²) in [5.41, 5.74) is 1.43. The molecule has 23 heavy (non-hydrogen) atoms. The van der Waals surface area contributed by atoms with Crippen molar-refractivity contribution in [1.29, 1.82) is 0 Å². The number of halogens is 1. The molecule has 0 saturated heterocycles. The quantitative estimate of drug-likeness (QED) is 0.903. The molecule has 120 valence electrons. The number of anilines is 3. The first-order valence-electron chi connectivity index (χ1n) is 6.59. The van der Waals surface area contributed by atoms with Gasteiger partial charge in [0.1, 0.15) is 5.82 Å². The summed E-state index contributed by atoms with van der Waals surface area (Å²) in [6.45, 7) is 0. The number of fused-ring (bicyclic) bond motifs is 1. The standard InChI is InChI=1S/C14H13FN4O3S/c1-18-12-4-3-11(6-13(12)19(2)23(18,21)22)17-14(20)9-5-10(15)8-16-7-9/h3-8H,1-2H3,(H,17,20). The van der Waals surface area contributed by atoms with Crippen molar-refractivity contribution in [1.82, 2.24) is 4.98 Å². The van der Waals surface area contributed by atoms with Gasteiger partial charge in [0, 0.05) is 26.0 Å². The fraction of sp³-hybridized carbons (Fsp3) is 0.143. The van der Waals surface area contributed by atoms with Gasteiger partial charge in [0.05, 0.1) is 23.1 Å². The second-order valence-corrected chi connectivity index (χ2v) is 6.98. The van der Waals surface area contributed by atoms with Crippen LogP contribution in [0.5, 0.6) is 0 Å². The van der Waals surface area contributed by atoms with Crippen LogP contribution < -0.4 is 13.9 Å². The van der Waals surface area contributed by atoms with Gasteiger partial charge in [-0.3, -0.25) is 18.4 Å². The van der Waals surface area contributed by atoms with Gasteiger partial charge in [-0.25, -0.2) is 4.39 Å². The van der Waals surface area contributed by atoms with Gasteiger partial charge in [-0.15, -0.1) is 0 Å². The van der Waals surface area contributed by atoms with Crippen LogP contribution in [0.15, 0.2) is 36.7 Å². The molecule has 0 bridgehead atoms. The van der Waals surface area contributed by atoms with Crippen LogP contribution in [0.25, 0.3) is 0 Å². The normalized spacial score (nSPS) is 15.4. The van der Waals surface area contributed by atoms with E-state index in [-0.39, 0.29) is 5.56 Å². The first kappa shape index (κ1) is 15.2. The Kier molecular flexibility index (Phi) is 3.44. The van der Waals surface area contributed by atoms with E-state index in [4.69, 9.17) is 0 Å². The van der Waals surface area contributed by atoms with E-state index in [1.54, 1.807) is 18.2 Å². The monoisotopic (exact) mass is 336 g/mol. The molecule has 0 spiro atoms. The van der Waals surface area contributed by atoms with Gasteiger partial charge in [0.2, 0.25) is 0 Å². The highest BCUT2D eigenvalue weighted by Gasteiger charge is 2.35. The highest BCUT2D eigenvalue weighted by Crippen LogP contribution is 2.40. The maximum absolute atomic E-state index is 13.1. The van der Waals surface area contributed by atoms with Gasteiger partial charge in [-0.2, -0.15) is 8.42 Å². The third kappa shape index (κ3) is 2.48. The molecular weight excluding hydrogens is 323 g/mol. The van der Waals surface area contributed by atoms with Gasteiger partial charge in [-0.1, -0.05) is 0 Å². The van der Waals surface area contributed by atoms with E-state index in [9.17, 15) is 17.6 Å². The second-order valence-electron chi connectivity index (χ2n) is 4.99. The molecule has 1 aliphatic rings. The minimum atomic E-state index is -3.57. The van der Waals surface area contributed by atoms with Gasteiger partial charge in [0.15, 0.2) is 0 Å². The van der Waals surface area contributed by atoms with Crippen LogP contribution in [0, 0.1) is 5.82 Å². The Morgan fingerprint density at radius 1 is 1.13 bits per heavy atom. The molecule has 2 aromatic rings. The number of pyridine rings is 1. The van der Waals surface area contributed by atoms with Crippen LogP contribution in [0.4, 0.5) is 21.5 Å². The number of benzene rings is 1. The third-order valence-corrected chi connectivity index (χ3v) is 5.35. The molecule has 1 amide bonds. The van der Waals surface area contributed by atoms with E-state index in [0.717, 1.165) is 20.9 Å². The zero-order valence-electron chi connectivity index (χ0n) is 12.3. The van der Waals surface area contributed by atoms with E-state index < -0.39 is 21.9 Å². The zero-order valence-corrected chi connectivity index (χ0v) is 13.1. The molecule has 1 aromatic heterocycles. The van der Waals surface area contributed by atoms with Gasteiger partial charge >= 0.3 is 10.2 Å². The number of amides is 1. The first-order valence-corrected chi connectivity index (χ1v) is 7.99. The number of rotatable bonds is 2. The molecule has 0 radical (unpaired) electrons. The summed E-state index contributed by atoms with van der Waals surface area (Å²) in [6, 6.07) is 5.78. The summed E-state index contributed by atoms with van der Waals surface area (Å²) in [7, 11) is -0.688. The molecule has 0 atom stereocenters. The van der Waals surface area contributed by atoms with Crippen LogP contribution >= 0.6 is 0 Å². The van der Waals surface area contributed by atoms with Gasteiger partial charge in [-0.05, 0) is 24.3 Å². The first-order chi connectivity index (χ1) is 10.8. The average molecular weight is 336 g/mol. The summed E-state index contributed by atoms with van der Waals surface area (Å²) in [6.07, 6.45) is 2.25. The summed E-state index contributed by atoms with van der Waals surface area (Å²) >= 11 is 0. The van der Waals surface area contributed by atoms with Crippen molar-refractivity contribution in [2.24, 2.45) is 0 Å². The van der Waals surface area contributed by atoms with Crippen LogP contribution in [-0.4, -0.2) is 33.4 Å². The Balaban J connectivity index is 1.90. The second kappa shape index (κ2) is 5.20. The molecule has 0 fully saturated rings. The molecule has 0 saturated carbocycles. The van der Waals surface area contributed by atoms with Crippen molar-refractivity contribution in [3.63, 3.8) is 0 Å². The van der Waals surface area contributed by atoms with Crippen molar-refractivity contribution < 1.29 is 17.6 Å². The van der Waals surface area contributed by atoms with Crippen LogP contribution in [0.3, 0.4) is 0 Å². The number of hydrogen-bond donors (Lipinski definition) is 1. The highest BCUT2D eigenvalue weighted by molar-refractivity contribution is 7.94. The molecule has 1 aliphatic heterocycles. The number of hydrogen-bond acceptors (Lipinski definition) is 4. The van der Waals surface area contributed by atoms with E-state index in [0.29, 0.717) is 17.1 Å². The Labute approximate surface area is 132 Å². The number of carbonyl (C=O) groups excluding carboxylic acids is 1. The summed E-state index contributed by atoms with van der Waals surface area (Å²) in [5, 5.41) is 2.59. The van der Waals surface area contributed by atoms with Crippen LogP contribution in [-0.2, 0) is 10.2 Å². The highest BCUT2D eigenvalue weighted by atomic mass is 32.2. The van der Waals surface area contributed by atoms with E-state index in [1.807, 2.05) is 0 Å². The maximum atomic E-state index is 13.1. The Bertz CT molecular complexity index is 901. The number of carbonyl (C=O) groups is 1. The maximum Gasteiger partial charge on any atom is 0.326 e. The SMILES string of the molecule is CN1c2ccc(NC(=O)c3cncc(F)c3)cc2N(C)S1(=O)=O. The van der Waals surface area contributed by atoms with Crippen LogP contribution in [0.1, 0.15) is 10.4 Å². The topological polar surface area (TPSA) is 82.6 Å². The lowest BCUT2D eigenvalue weighted by Crippen LogP contribution is -2.32. The van der Waals surface area contributed by atoms with Gasteiger partial charge in [0.25, 0.3) is 5.91 Å². The van der Waals surface area contributed by atoms with Gasteiger partial charge < -0.3 is 5.32 Å². The minimum absolute atomic E-state index is 0.0728. The van der Waals surface area contributed by atoms with Crippen LogP contribution in [0.2, 0.25) is 0 Å². The fourth-order valence-corrected chi connectivity index (χ4v) is 3.46. The van der Waals surface area contributed by atoms with Crippen molar-refractivity contribution in [3.8, 4) is 0 Å². The number of nitrogens with one attached hydrogen (secondary N) is 1. The minimum Gasteiger partial charge on any atom is -0.322 e. The van der Waals surface area contributed by atoms with Crippen molar-refractivity contribution in [2.45, 2.75) is 0 Å². The fourth-order valence-electron chi connectivity index (χ4n) is 2.29. The molecule has 1 aromatic carbocycles. The number of aromatic nitrogens is 1. The molecule has 2 heterocycles. The lowest BCUT2D eigenvalue weighted by atomic mass is 10.2. The van der Waals surface area contributed by atoms with E-state index >= 15 is 0 Å². The smallest absolute Gasteiger partial charge is 0.322 e. The van der Waals surface area contributed by atoms with E-state index in [1.165, 1.54) is 20.3 Å². The lowest BCUT2D eigenvalue weighted by molar-refractivity contribution is 0.102. The Morgan fingerprint density at radius 3 is 2.52 bits per heavy atom. The van der Waals surface area contributed by atoms with Crippen molar-refractivity contribution in [3.05, 3.63) is 48.0 Å². The summed E-state index contributed by atoms with van der Waals surface area (Å²) < 4.78 is 39.5. The largest absolute Gasteiger partial charge is 0.326 e. The van der Waals surface area contributed by atoms with Crippen molar-refractivity contribution in [2.75, 3.05) is 28.0 Å². The lowest BCUT2D eigenvalue weighted by Gasteiger charge is -2.13. The molecule has 7 nitrogen and oxygen atoms in total. The predicted molar refractivity (Wildman–Crippen MR) is 84.3 cm³/mol. The average Bonchev–Trinajstić information content (AvgIpc) is 2.68. The predicted octanol–water partition coefficient (Wildman–Crippen LogP) is 1.60. The summed E-state index contributed by atoms with van der Waals surface area (Å²) in [4.78, 5) is 15.7. The van der Waals surface area contributed by atoms with E-state index in [2.05, 4.69) is 10.3 Å². The molecule has 9 heteroatoms. The molecule has 1 N–H and O–H groups in total. The summed E-state index contributed by atoms with van der Waals surface area (Å²) in [5.74, 6) is -1.15. The zero-order chi connectivity index (χ0) is 16.8. The molecule has 0 unspecified atom stereocenters. The van der Waals surface area contributed by atoms with Crippen molar-refractivity contribution >= 4 is 33.2 Å². The molecule has 3 rings (SSSR count). The number of nitrogens with zero attached hydrogens (tertiary/aromatic N) is 3. The molecular formula is C14H13FN4O3S.